The highest BCUT2D eigenvalue weighted by atomic mass is 35.5. The van der Waals surface area contributed by atoms with Crippen molar-refractivity contribution in [2.75, 3.05) is 13.3 Å². The maximum absolute atomic E-state index is 9.81. The van der Waals surface area contributed by atoms with Crippen LogP contribution in [0, 0.1) is 0 Å². The average Bonchev–Trinajstić information content (AvgIpc) is 2.91. The molecule has 0 aromatic carbocycles. The molecule has 0 radical (unpaired) electrons. The molecule has 4 atom stereocenters. The summed E-state index contributed by atoms with van der Waals surface area (Å²) in [5.41, 5.74) is 5.59. The summed E-state index contributed by atoms with van der Waals surface area (Å²) in [6.45, 7) is 1.78. The summed E-state index contributed by atoms with van der Waals surface area (Å²) < 4.78 is 5.61. The van der Waals surface area contributed by atoms with Gasteiger partial charge in [-0.1, -0.05) is 0 Å². The molecule has 1 unspecified atom stereocenters. The predicted octanol–water partition coefficient (Wildman–Crippen LogP) is -1.15. The molecule has 0 bridgehead atoms. The zero-order valence-corrected chi connectivity index (χ0v) is 11.7. The van der Waals surface area contributed by atoms with E-state index in [9.17, 15) is 5.11 Å². The van der Waals surface area contributed by atoms with Crippen LogP contribution in [0.3, 0.4) is 0 Å². The molecule has 0 aromatic heterocycles. The lowest BCUT2D eigenvalue weighted by molar-refractivity contribution is -0.0560. The number of rotatable bonds is 2. The fraction of sp³-hybridized carbons (Fsp3) is 0.727. The Hall–Kier alpha value is -1.06. The number of aliphatic imine (C=N–C) groups is 3. The number of aliphatic hydroxyl groups is 2. The molecule has 3 aliphatic heterocycles. The van der Waals surface area contributed by atoms with E-state index in [-0.39, 0.29) is 11.9 Å². The van der Waals surface area contributed by atoms with Crippen molar-refractivity contribution in [3.63, 3.8) is 0 Å². The second-order valence-electron chi connectivity index (χ2n) is 5.20. The fourth-order valence-corrected chi connectivity index (χ4v) is 2.84. The van der Waals surface area contributed by atoms with E-state index < -0.39 is 24.1 Å². The van der Waals surface area contributed by atoms with Gasteiger partial charge in [0.05, 0.1) is 12.7 Å². The molecular formula is C11H16ClN5O3. The highest BCUT2D eigenvalue weighted by molar-refractivity contribution is 6.68. The summed E-state index contributed by atoms with van der Waals surface area (Å²) in [4.78, 5) is 14.3. The van der Waals surface area contributed by atoms with Crippen LogP contribution in [-0.4, -0.2) is 69.3 Å². The van der Waals surface area contributed by atoms with Gasteiger partial charge < -0.3 is 25.6 Å². The van der Waals surface area contributed by atoms with Crippen molar-refractivity contribution >= 4 is 28.4 Å². The molecule has 20 heavy (non-hydrogen) atoms. The minimum Gasteiger partial charge on any atom is -0.394 e. The number of amidine groups is 2. The third-order valence-corrected chi connectivity index (χ3v) is 3.77. The van der Waals surface area contributed by atoms with E-state index in [4.69, 9.17) is 27.2 Å². The number of hydrogen-bond acceptors (Lipinski definition) is 8. The molecule has 0 spiro atoms. The molecule has 3 rings (SSSR count). The molecule has 0 aliphatic carbocycles. The first kappa shape index (κ1) is 13.9. The minimum absolute atomic E-state index is 0.0631. The molecule has 0 aromatic rings. The number of aliphatic hydroxyl groups excluding tert-OH is 2. The van der Waals surface area contributed by atoms with Crippen molar-refractivity contribution in [3.05, 3.63) is 0 Å². The molecule has 9 heteroatoms. The highest BCUT2D eigenvalue weighted by Crippen LogP contribution is 2.28. The first-order chi connectivity index (χ1) is 9.42. The number of nitrogens with two attached hydrogens (primary N) is 1. The van der Waals surface area contributed by atoms with Crippen molar-refractivity contribution in [3.8, 4) is 0 Å². The summed E-state index contributed by atoms with van der Waals surface area (Å²) in [6.07, 6.45) is -1.36. The molecule has 1 fully saturated rings. The quantitative estimate of drug-likeness (QED) is 0.557. The minimum atomic E-state index is -1.02. The van der Waals surface area contributed by atoms with Gasteiger partial charge >= 0.3 is 0 Å². The predicted molar refractivity (Wildman–Crippen MR) is 73.8 cm³/mol. The Labute approximate surface area is 120 Å². The smallest absolute Gasteiger partial charge is 0.222 e. The van der Waals surface area contributed by atoms with Crippen LogP contribution in [0.4, 0.5) is 0 Å². The SMILES string of the molecule is CC1(N)N=C(Cl)N=C2C1=NCN2[C@H]1C[C@H](O)[C@@H](CO)O1. The van der Waals surface area contributed by atoms with Gasteiger partial charge in [0, 0.05) is 6.42 Å². The summed E-state index contributed by atoms with van der Waals surface area (Å²) in [5, 5.41) is 19.0. The lowest BCUT2D eigenvalue weighted by Gasteiger charge is -2.30. The second kappa shape index (κ2) is 4.74. The Morgan fingerprint density at radius 3 is 3.00 bits per heavy atom. The van der Waals surface area contributed by atoms with Crippen LogP contribution in [0.1, 0.15) is 13.3 Å². The molecule has 1 saturated heterocycles. The molecule has 0 saturated carbocycles. The molecule has 4 N–H and O–H groups in total. The first-order valence-corrected chi connectivity index (χ1v) is 6.69. The van der Waals surface area contributed by atoms with Gasteiger partial charge in [0.25, 0.3) is 0 Å². The Morgan fingerprint density at radius 2 is 2.35 bits per heavy atom. The Kier molecular flexibility index (Phi) is 3.30. The van der Waals surface area contributed by atoms with Gasteiger partial charge in [-0.3, -0.25) is 4.99 Å². The van der Waals surface area contributed by atoms with Crippen LogP contribution in [0.5, 0.6) is 0 Å². The third-order valence-electron chi connectivity index (χ3n) is 3.60. The number of hydrogen-bond donors (Lipinski definition) is 3. The van der Waals surface area contributed by atoms with Crippen LogP contribution in [-0.2, 0) is 4.74 Å². The number of ether oxygens (including phenoxy) is 1. The van der Waals surface area contributed by atoms with E-state index in [1.54, 1.807) is 11.8 Å². The number of halogens is 1. The van der Waals surface area contributed by atoms with Crippen molar-refractivity contribution in [1.82, 2.24) is 4.90 Å². The zero-order chi connectivity index (χ0) is 14.5. The largest absolute Gasteiger partial charge is 0.394 e. The third kappa shape index (κ3) is 2.13. The van der Waals surface area contributed by atoms with E-state index in [2.05, 4.69) is 15.0 Å². The Balaban J connectivity index is 1.84. The van der Waals surface area contributed by atoms with Crippen molar-refractivity contribution < 1.29 is 14.9 Å². The van der Waals surface area contributed by atoms with E-state index in [1.807, 2.05) is 0 Å². The second-order valence-corrected chi connectivity index (χ2v) is 5.53. The molecule has 3 aliphatic rings. The highest BCUT2D eigenvalue weighted by Gasteiger charge is 2.45. The first-order valence-electron chi connectivity index (χ1n) is 6.31. The molecule has 110 valence electrons. The Morgan fingerprint density at radius 1 is 1.60 bits per heavy atom. The summed E-state index contributed by atoms with van der Waals surface area (Å²) in [7, 11) is 0. The van der Waals surface area contributed by atoms with Crippen LogP contribution in [0.2, 0.25) is 0 Å². The van der Waals surface area contributed by atoms with Crippen molar-refractivity contribution in [2.24, 2.45) is 20.7 Å². The van der Waals surface area contributed by atoms with Gasteiger partial charge in [-0.05, 0) is 18.5 Å². The lowest BCUT2D eigenvalue weighted by atomic mass is 10.1. The van der Waals surface area contributed by atoms with Gasteiger partial charge in [0.1, 0.15) is 24.7 Å². The summed E-state index contributed by atoms with van der Waals surface area (Å²) in [6, 6.07) is 0. The van der Waals surface area contributed by atoms with E-state index in [1.165, 1.54) is 0 Å². The van der Waals surface area contributed by atoms with Crippen molar-refractivity contribution in [2.45, 2.75) is 37.4 Å². The molecule has 8 nitrogen and oxygen atoms in total. The molecule has 0 amide bonds. The summed E-state index contributed by atoms with van der Waals surface area (Å²) >= 11 is 5.89. The van der Waals surface area contributed by atoms with Crippen molar-refractivity contribution in [1.29, 1.82) is 0 Å². The molecular weight excluding hydrogens is 286 g/mol. The number of fused-ring (bicyclic) bond motifs is 1. The normalized spacial score (nSPS) is 40.4. The average molecular weight is 302 g/mol. The fourth-order valence-electron chi connectivity index (χ4n) is 2.58. The summed E-state index contributed by atoms with van der Waals surface area (Å²) in [5.74, 6) is 0.519. The van der Waals surface area contributed by atoms with E-state index in [0.29, 0.717) is 24.6 Å². The van der Waals surface area contributed by atoms with E-state index >= 15 is 0 Å². The number of nitrogens with zero attached hydrogens (tertiary/aromatic N) is 4. The van der Waals surface area contributed by atoms with Crippen LogP contribution in [0.15, 0.2) is 15.0 Å². The lowest BCUT2D eigenvalue weighted by Crippen LogP contribution is -2.52. The van der Waals surface area contributed by atoms with Gasteiger partial charge in [-0.15, -0.1) is 0 Å². The van der Waals surface area contributed by atoms with Gasteiger partial charge in [-0.2, -0.15) is 4.99 Å². The van der Waals surface area contributed by atoms with E-state index in [0.717, 1.165) is 0 Å². The zero-order valence-electron chi connectivity index (χ0n) is 10.9. The monoisotopic (exact) mass is 301 g/mol. The van der Waals surface area contributed by atoms with Crippen LogP contribution in [0.25, 0.3) is 0 Å². The van der Waals surface area contributed by atoms with Gasteiger partial charge in [-0.25, -0.2) is 4.99 Å². The maximum atomic E-state index is 9.81. The van der Waals surface area contributed by atoms with Gasteiger partial charge in [0.2, 0.25) is 5.29 Å². The maximum Gasteiger partial charge on any atom is 0.222 e. The topological polar surface area (TPSA) is 116 Å². The van der Waals surface area contributed by atoms with Crippen LogP contribution >= 0.6 is 11.6 Å². The standard InChI is InChI=1S/C11H16ClN5O3/c1-11(13)8-9(15-10(12)16-11)17(4-14-8)7-2-5(19)6(3-18)20-7/h5-7,18-19H,2-4,13H2,1H3/t5-,6+,7+,11?/m0/s1. The molecule has 3 heterocycles. The van der Waals surface area contributed by atoms with Crippen LogP contribution < -0.4 is 5.73 Å². The van der Waals surface area contributed by atoms with Gasteiger partial charge in [0.15, 0.2) is 11.5 Å². The Bertz CT molecular complexity index is 518.